The fraction of sp³-hybridized carbons (Fsp3) is 0.227. The first kappa shape index (κ1) is 21.0. The van der Waals surface area contributed by atoms with Crippen molar-refractivity contribution >= 4 is 41.0 Å². The molecule has 0 aromatic heterocycles. The number of benzene rings is 2. The Hall–Kier alpha value is -2.69. The van der Waals surface area contributed by atoms with Crippen LogP contribution >= 0.6 is 23.5 Å². The van der Waals surface area contributed by atoms with E-state index in [-0.39, 0.29) is 12.0 Å². The standard InChI is InChI=1S/C22H20N2O3S2/c1-15-7-9-16(10-8-15)28-12-11-21(26)27-14-19(25)17(13-23)22-24(2)18-5-3-4-6-20(18)29-22/h3-10H,11-12,14H2,1-2H3/b22-17-. The summed E-state index contributed by atoms with van der Waals surface area (Å²) < 4.78 is 5.10. The monoisotopic (exact) mass is 424 g/mol. The van der Waals surface area contributed by atoms with Crippen LogP contribution in [0.1, 0.15) is 12.0 Å². The van der Waals surface area contributed by atoms with Gasteiger partial charge in [0.05, 0.1) is 12.1 Å². The number of hydrogen-bond donors (Lipinski definition) is 0. The Bertz CT molecular complexity index is 994. The smallest absolute Gasteiger partial charge is 0.307 e. The van der Waals surface area contributed by atoms with E-state index in [4.69, 9.17) is 4.74 Å². The predicted octanol–water partition coefficient (Wildman–Crippen LogP) is 4.57. The minimum Gasteiger partial charge on any atom is -0.457 e. The summed E-state index contributed by atoms with van der Waals surface area (Å²) >= 11 is 2.93. The molecule has 0 N–H and O–H groups in total. The lowest BCUT2D eigenvalue weighted by Crippen LogP contribution is -2.20. The second kappa shape index (κ2) is 9.68. The number of fused-ring (bicyclic) bond motifs is 1. The molecule has 3 rings (SSSR count). The van der Waals surface area contributed by atoms with Crippen molar-refractivity contribution in [2.45, 2.75) is 23.1 Å². The van der Waals surface area contributed by atoms with E-state index in [9.17, 15) is 14.9 Å². The Morgan fingerprint density at radius 3 is 2.59 bits per heavy atom. The zero-order valence-corrected chi connectivity index (χ0v) is 17.8. The van der Waals surface area contributed by atoms with Crippen LogP contribution in [0.4, 0.5) is 5.69 Å². The van der Waals surface area contributed by atoms with Crippen LogP contribution in [0.3, 0.4) is 0 Å². The number of rotatable bonds is 7. The molecule has 0 atom stereocenters. The van der Waals surface area contributed by atoms with Gasteiger partial charge in [-0.15, -0.1) is 11.8 Å². The van der Waals surface area contributed by atoms with Crippen molar-refractivity contribution in [3.05, 3.63) is 64.7 Å². The van der Waals surface area contributed by atoms with E-state index in [0.717, 1.165) is 15.5 Å². The molecule has 148 valence electrons. The van der Waals surface area contributed by atoms with Crippen molar-refractivity contribution in [3.8, 4) is 6.07 Å². The van der Waals surface area contributed by atoms with Gasteiger partial charge in [-0.1, -0.05) is 41.6 Å². The molecule has 0 radical (unpaired) electrons. The first-order valence-corrected chi connectivity index (χ1v) is 10.8. The number of carbonyl (C=O) groups excluding carboxylic acids is 2. The van der Waals surface area contributed by atoms with Gasteiger partial charge in [-0.2, -0.15) is 5.26 Å². The normalized spacial score (nSPS) is 14.2. The Morgan fingerprint density at radius 2 is 1.90 bits per heavy atom. The molecule has 7 heteroatoms. The molecule has 5 nitrogen and oxygen atoms in total. The summed E-state index contributed by atoms with van der Waals surface area (Å²) in [5.41, 5.74) is 2.14. The summed E-state index contributed by atoms with van der Waals surface area (Å²) in [5.74, 6) is -0.374. The number of anilines is 1. The van der Waals surface area contributed by atoms with E-state index in [0.29, 0.717) is 10.8 Å². The predicted molar refractivity (Wildman–Crippen MR) is 116 cm³/mol. The van der Waals surface area contributed by atoms with Gasteiger partial charge in [0.15, 0.2) is 6.61 Å². The average molecular weight is 425 g/mol. The Kier molecular flexibility index (Phi) is 7.02. The highest BCUT2D eigenvalue weighted by atomic mass is 32.2. The topological polar surface area (TPSA) is 70.4 Å². The fourth-order valence-electron chi connectivity index (χ4n) is 2.73. The van der Waals surface area contributed by atoms with Crippen molar-refractivity contribution < 1.29 is 14.3 Å². The van der Waals surface area contributed by atoms with Crippen LogP contribution in [0.5, 0.6) is 0 Å². The number of hydrogen-bond acceptors (Lipinski definition) is 7. The summed E-state index contributed by atoms with van der Waals surface area (Å²) in [7, 11) is 1.81. The molecule has 2 aromatic carbocycles. The van der Waals surface area contributed by atoms with Gasteiger partial charge in [-0.05, 0) is 31.2 Å². The molecule has 0 bridgehead atoms. The van der Waals surface area contributed by atoms with Gasteiger partial charge in [-0.25, -0.2) is 0 Å². The van der Waals surface area contributed by atoms with Crippen LogP contribution in [0.25, 0.3) is 0 Å². The minimum absolute atomic E-state index is 0.00975. The summed E-state index contributed by atoms with van der Waals surface area (Å²) in [6.07, 6.45) is 0.199. The third-order valence-corrected chi connectivity index (χ3v) is 6.55. The highest BCUT2D eigenvalue weighted by Crippen LogP contribution is 2.46. The molecule has 1 aliphatic rings. The van der Waals surface area contributed by atoms with Crippen LogP contribution < -0.4 is 4.90 Å². The highest BCUT2D eigenvalue weighted by Gasteiger charge is 2.28. The van der Waals surface area contributed by atoms with E-state index in [1.807, 2.05) is 73.5 Å². The zero-order valence-electron chi connectivity index (χ0n) is 16.2. The number of carbonyl (C=O) groups is 2. The number of thioether (sulfide) groups is 2. The molecule has 29 heavy (non-hydrogen) atoms. The maximum Gasteiger partial charge on any atom is 0.307 e. The number of nitrogens with zero attached hydrogens (tertiary/aromatic N) is 2. The van der Waals surface area contributed by atoms with Crippen LogP contribution in [0, 0.1) is 18.3 Å². The zero-order chi connectivity index (χ0) is 20.8. The Balaban J connectivity index is 1.52. The van der Waals surface area contributed by atoms with Crippen LogP contribution in [-0.2, 0) is 14.3 Å². The minimum atomic E-state index is -0.491. The SMILES string of the molecule is Cc1ccc(SCCC(=O)OCC(=O)/C(C#N)=C2\Sc3ccccc3N2C)cc1. The summed E-state index contributed by atoms with van der Waals surface area (Å²) in [4.78, 5) is 28.3. The molecule has 0 fully saturated rings. The Labute approximate surface area is 178 Å². The lowest BCUT2D eigenvalue weighted by atomic mass is 10.2. The van der Waals surface area contributed by atoms with E-state index < -0.39 is 18.4 Å². The number of aryl methyl sites for hydroxylation is 1. The number of Topliss-reactive ketones (excluding diaryl/α,β-unsaturated/α-hetero) is 1. The number of nitriles is 1. The fourth-order valence-corrected chi connectivity index (χ4v) is 4.72. The molecule has 2 aromatic rings. The van der Waals surface area contributed by atoms with Crippen molar-refractivity contribution in [3.63, 3.8) is 0 Å². The maximum atomic E-state index is 12.5. The van der Waals surface area contributed by atoms with Gasteiger partial charge in [0.25, 0.3) is 0 Å². The quantitative estimate of drug-likeness (QED) is 0.279. The Morgan fingerprint density at radius 1 is 1.17 bits per heavy atom. The summed E-state index contributed by atoms with van der Waals surface area (Å²) in [6.45, 7) is 1.60. The number of ketones is 1. The van der Waals surface area contributed by atoms with Gasteiger partial charge in [0.2, 0.25) is 5.78 Å². The lowest BCUT2D eigenvalue weighted by molar-refractivity contribution is -0.146. The van der Waals surface area contributed by atoms with Gasteiger partial charge >= 0.3 is 5.97 Å². The van der Waals surface area contributed by atoms with E-state index >= 15 is 0 Å². The molecule has 0 unspecified atom stereocenters. The molecular formula is C22H20N2O3S2. The maximum absolute atomic E-state index is 12.5. The molecule has 0 spiro atoms. The second-order valence-electron chi connectivity index (χ2n) is 6.42. The molecule has 0 amide bonds. The molecule has 1 aliphatic heterocycles. The molecular weight excluding hydrogens is 404 g/mol. The van der Waals surface area contributed by atoms with E-state index in [2.05, 4.69) is 0 Å². The first-order valence-electron chi connectivity index (χ1n) is 9.03. The number of esters is 1. The summed E-state index contributed by atoms with van der Waals surface area (Å²) in [5, 5.41) is 10.1. The average Bonchev–Trinajstić information content (AvgIpc) is 3.05. The third kappa shape index (κ3) is 5.22. The largest absolute Gasteiger partial charge is 0.457 e. The van der Waals surface area contributed by atoms with Gasteiger partial charge < -0.3 is 9.64 Å². The lowest BCUT2D eigenvalue weighted by Gasteiger charge is -2.14. The van der Waals surface area contributed by atoms with Crippen molar-refractivity contribution in [1.82, 2.24) is 0 Å². The molecule has 1 heterocycles. The van der Waals surface area contributed by atoms with Crippen LogP contribution in [-0.4, -0.2) is 31.2 Å². The number of ether oxygens (including phenoxy) is 1. The van der Waals surface area contributed by atoms with E-state index in [1.54, 1.807) is 11.8 Å². The molecule has 0 aliphatic carbocycles. The van der Waals surface area contributed by atoms with Crippen LogP contribution in [0.15, 0.2) is 68.9 Å². The number of para-hydroxylation sites is 1. The molecule has 0 saturated heterocycles. The van der Waals surface area contributed by atoms with Gasteiger partial charge in [-0.3, -0.25) is 9.59 Å². The van der Waals surface area contributed by atoms with Crippen LogP contribution in [0.2, 0.25) is 0 Å². The van der Waals surface area contributed by atoms with Crippen molar-refractivity contribution in [2.24, 2.45) is 0 Å². The van der Waals surface area contributed by atoms with Crippen molar-refractivity contribution in [1.29, 1.82) is 5.26 Å². The van der Waals surface area contributed by atoms with Crippen molar-refractivity contribution in [2.75, 3.05) is 24.3 Å². The second-order valence-corrected chi connectivity index (χ2v) is 8.62. The first-order chi connectivity index (χ1) is 14.0. The van der Waals surface area contributed by atoms with Gasteiger partial charge in [0, 0.05) is 22.6 Å². The molecule has 0 saturated carbocycles. The summed E-state index contributed by atoms with van der Waals surface area (Å²) in [6, 6.07) is 17.7. The highest BCUT2D eigenvalue weighted by molar-refractivity contribution is 8.03. The third-order valence-electron chi connectivity index (χ3n) is 4.30. The van der Waals surface area contributed by atoms with Gasteiger partial charge in [0.1, 0.15) is 16.7 Å². The van der Waals surface area contributed by atoms with E-state index in [1.165, 1.54) is 17.3 Å².